The van der Waals surface area contributed by atoms with E-state index in [2.05, 4.69) is 202 Å². The molecule has 0 atom stereocenters. The minimum Gasteiger partial charge on any atom is -0.307 e. The molecule has 0 bridgehead atoms. The molecule has 64 heavy (non-hydrogen) atoms. The monoisotopic (exact) mass is 834 g/mol. The summed E-state index contributed by atoms with van der Waals surface area (Å²) in [6.45, 7) is 0. The highest BCUT2D eigenvalue weighted by molar-refractivity contribution is 7.25. The van der Waals surface area contributed by atoms with Gasteiger partial charge in [-0.25, -0.2) is 4.98 Å². The number of rotatable bonds is 5. The molecule has 5 aromatic heterocycles. The molecule has 0 saturated carbocycles. The van der Waals surface area contributed by atoms with Gasteiger partial charge in [-0.1, -0.05) is 152 Å². The normalized spacial score (nSPS) is 12.1. The zero-order chi connectivity index (χ0) is 41.9. The van der Waals surface area contributed by atoms with Crippen molar-refractivity contribution < 1.29 is 0 Å². The van der Waals surface area contributed by atoms with Crippen molar-refractivity contribution in [1.29, 1.82) is 0 Å². The van der Waals surface area contributed by atoms with Gasteiger partial charge in [0, 0.05) is 69.3 Å². The van der Waals surface area contributed by atoms with Crippen molar-refractivity contribution in [2.75, 3.05) is 0 Å². The van der Waals surface area contributed by atoms with Crippen molar-refractivity contribution in [3.05, 3.63) is 206 Å². The fraction of sp³-hybridized carbons (Fsp3) is 0. The Kier molecular flexibility index (Phi) is 7.46. The van der Waals surface area contributed by atoms with Crippen LogP contribution in [0.25, 0.3) is 126 Å². The predicted octanol–water partition coefficient (Wildman–Crippen LogP) is 14.9. The summed E-state index contributed by atoms with van der Waals surface area (Å²) in [6, 6.07) is 73.7. The van der Waals surface area contributed by atoms with E-state index in [9.17, 15) is 0 Å². The first-order chi connectivity index (χ1) is 31.8. The predicted molar refractivity (Wildman–Crippen MR) is 267 cm³/mol. The van der Waals surface area contributed by atoms with Crippen molar-refractivity contribution in [3.63, 3.8) is 0 Å². The summed E-state index contributed by atoms with van der Waals surface area (Å²) in [6.07, 6.45) is 0. The van der Waals surface area contributed by atoms with E-state index in [4.69, 9.17) is 15.0 Å². The van der Waals surface area contributed by atoms with Crippen LogP contribution in [0.3, 0.4) is 0 Å². The number of nitrogens with zero attached hydrogens (tertiary/aromatic N) is 6. The molecule has 14 aromatic rings. The van der Waals surface area contributed by atoms with Crippen molar-refractivity contribution in [2.45, 2.75) is 0 Å². The van der Waals surface area contributed by atoms with Crippen LogP contribution < -0.4 is 0 Å². The summed E-state index contributed by atoms with van der Waals surface area (Å²) in [5.41, 5.74) is 10.6. The minimum absolute atomic E-state index is 0.561. The highest BCUT2D eigenvalue weighted by Crippen LogP contribution is 2.47. The van der Waals surface area contributed by atoms with Crippen LogP contribution in [-0.2, 0) is 0 Å². The van der Waals surface area contributed by atoms with Gasteiger partial charge in [0.05, 0.1) is 38.8 Å². The summed E-state index contributed by atoms with van der Waals surface area (Å²) >= 11 is 1.80. The van der Waals surface area contributed by atoms with Crippen LogP contribution in [0, 0.1) is 0 Å². The van der Waals surface area contributed by atoms with E-state index in [0.29, 0.717) is 17.6 Å². The summed E-state index contributed by atoms with van der Waals surface area (Å²) in [5.74, 6) is 1.80. The number of fused-ring (bicyclic) bond motifs is 13. The van der Waals surface area contributed by atoms with Crippen LogP contribution in [0.5, 0.6) is 0 Å². The standard InChI is InChI=1S/C57H34N6S/c1-3-17-35(18-4-1)55-58-56(36-31-32-41-40-23-11-16-30-50(40)64-51(41)33-36)60-57(59-55)63-47-29-15-9-24-42(47)52-48(63)34-49(62-44-26-12-7-21-38(44)39-22-8-13-27-45(39)62)54-53(52)43-25-10-14-28-46(43)61(54)37-19-5-2-6-20-37/h1-34H. The first-order valence-corrected chi connectivity index (χ1v) is 22.4. The van der Waals surface area contributed by atoms with Gasteiger partial charge < -0.3 is 9.13 Å². The fourth-order valence-electron chi connectivity index (χ4n) is 10.2. The van der Waals surface area contributed by atoms with E-state index in [-0.39, 0.29) is 0 Å². The van der Waals surface area contributed by atoms with Crippen molar-refractivity contribution in [1.82, 2.24) is 28.7 Å². The summed E-state index contributed by atoms with van der Waals surface area (Å²) in [7, 11) is 0. The Morgan fingerprint density at radius 2 is 0.844 bits per heavy atom. The molecular weight excluding hydrogens is 801 g/mol. The van der Waals surface area contributed by atoms with Crippen molar-refractivity contribution in [3.8, 4) is 40.1 Å². The first kappa shape index (κ1) is 35.2. The lowest BCUT2D eigenvalue weighted by Gasteiger charge is -2.16. The van der Waals surface area contributed by atoms with Crippen molar-refractivity contribution in [2.24, 2.45) is 0 Å². The van der Waals surface area contributed by atoms with Gasteiger partial charge in [0.2, 0.25) is 5.95 Å². The Labute approximate surface area is 370 Å². The average molecular weight is 835 g/mol. The molecule has 0 N–H and O–H groups in total. The molecular formula is C57H34N6S. The maximum absolute atomic E-state index is 5.45. The lowest BCUT2D eigenvalue weighted by atomic mass is 10.0. The summed E-state index contributed by atoms with van der Waals surface area (Å²) < 4.78 is 9.65. The molecule has 0 fully saturated rings. The first-order valence-electron chi connectivity index (χ1n) is 21.5. The van der Waals surface area contributed by atoms with Gasteiger partial charge in [-0.2, -0.15) is 9.97 Å². The smallest absolute Gasteiger partial charge is 0.238 e. The van der Waals surface area contributed by atoms with E-state index in [0.717, 1.165) is 66.4 Å². The summed E-state index contributed by atoms with van der Waals surface area (Å²) in [4.78, 5) is 16.1. The lowest BCUT2D eigenvalue weighted by molar-refractivity contribution is 0.953. The maximum atomic E-state index is 5.45. The van der Waals surface area contributed by atoms with E-state index >= 15 is 0 Å². The third kappa shape index (κ3) is 5.04. The molecule has 0 aliphatic heterocycles. The van der Waals surface area contributed by atoms with Gasteiger partial charge in [-0.3, -0.25) is 4.57 Å². The molecule has 0 amide bonds. The number of hydrogen-bond acceptors (Lipinski definition) is 4. The van der Waals surface area contributed by atoms with Gasteiger partial charge in [0.25, 0.3) is 0 Å². The SMILES string of the molecule is c1ccc(-c2nc(-c3ccc4c(c3)sc3ccccc34)nc(-n3c4ccccc4c4c5c6ccccc6n(-c6ccccc6)c5c(-n5c6ccccc6c6ccccc65)cc43)n2)cc1. The molecule has 6 nitrogen and oxygen atoms in total. The quantitative estimate of drug-likeness (QED) is 0.174. The largest absolute Gasteiger partial charge is 0.307 e. The van der Waals surface area contributed by atoms with Crippen LogP contribution in [0.2, 0.25) is 0 Å². The van der Waals surface area contributed by atoms with Gasteiger partial charge in [0.15, 0.2) is 11.6 Å². The Hall–Kier alpha value is -8.39. The minimum atomic E-state index is 0.561. The van der Waals surface area contributed by atoms with E-state index in [1.165, 1.54) is 41.7 Å². The second-order valence-corrected chi connectivity index (χ2v) is 17.5. The molecule has 0 radical (unpaired) electrons. The molecule has 0 unspecified atom stereocenters. The number of para-hydroxylation sites is 5. The number of benzene rings is 9. The molecule has 0 aliphatic rings. The summed E-state index contributed by atoms with van der Waals surface area (Å²) in [5, 5.41) is 9.55. The zero-order valence-corrected chi connectivity index (χ0v) is 35.0. The maximum Gasteiger partial charge on any atom is 0.238 e. The number of aromatic nitrogens is 6. The molecule has 14 rings (SSSR count). The Balaban J connectivity index is 1.16. The van der Waals surface area contributed by atoms with E-state index in [1.54, 1.807) is 11.3 Å². The van der Waals surface area contributed by atoms with Crippen LogP contribution in [-0.4, -0.2) is 28.7 Å². The second-order valence-electron chi connectivity index (χ2n) is 16.4. The van der Waals surface area contributed by atoms with Crippen molar-refractivity contribution >= 4 is 96.9 Å². The number of hydrogen-bond donors (Lipinski definition) is 0. The molecule has 0 spiro atoms. The molecule has 0 saturated heterocycles. The zero-order valence-electron chi connectivity index (χ0n) is 34.2. The highest BCUT2D eigenvalue weighted by atomic mass is 32.1. The fourth-order valence-corrected chi connectivity index (χ4v) is 11.3. The molecule has 5 heterocycles. The second kappa shape index (κ2) is 13.6. The Morgan fingerprint density at radius 1 is 0.328 bits per heavy atom. The molecule has 298 valence electrons. The third-order valence-electron chi connectivity index (χ3n) is 12.9. The lowest BCUT2D eigenvalue weighted by Crippen LogP contribution is -2.07. The average Bonchev–Trinajstić information content (AvgIpc) is 4.10. The van der Waals surface area contributed by atoms with E-state index < -0.39 is 0 Å². The van der Waals surface area contributed by atoms with Crippen LogP contribution in [0.15, 0.2) is 206 Å². The third-order valence-corrected chi connectivity index (χ3v) is 14.0. The van der Waals surface area contributed by atoms with Gasteiger partial charge in [-0.15, -0.1) is 11.3 Å². The topological polar surface area (TPSA) is 53.5 Å². The Bertz CT molecular complexity index is 4140. The molecule has 0 aliphatic carbocycles. The van der Waals surface area contributed by atoms with Gasteiger partial charge in [-0.05, 0) is 54.6 Å². The van der Waals surface area contributed by atoms with Crippen LogP contribution in [0.4, 0.5) is 0 Å². The number of thiophene rings is 1. The molecule has 9 aromatic carbocycles. The van der Waals surface area contributed by atoms with Crippen LogP contribution >= 0.6 is 11.3 Å². The van der Waals surface area contributed by atoms with Crippen LogP contribution in [0.1, 0.15) is 0 Å². The highest BCUT2D eigenvalue weighted by Gasteiger charge is 2.27. The van der Waals surface area contributed by atoms with Gasteiger partial charge in [0.1, 0.15) is 0 Å². The van der Waals surface area contributed by atoms with Gasteiger partial charge >= 0.3 is 0 Å². The van der Waals surface area contributed by atoms with E-state index in [1.807, 2.05) is 18.2 Å². The molecule has 7 heteroatoms. The Morgan fingerprint density at radius 3 is 1.53 bits per heavy atom.